The molecule has 0 saturated carbocycles. The average Bonchev–Trinajstić information content (AvgIpc) is 2.46. The van der Waals surface area contributed by atoms with Crippen LogP contribution in [0.25, 0.3) is 0 Å². The van der Waals surface area contributed by atoms with Gasteiger partial charge in [0.05, 0.1) is 26.4 Å². The zero-order chi connectivity index (χ0) is 13.3. The van der Waals surface area contributed by atoms with Gasteiger partial charge in [-0.15, -0.1) is 0 Å². The standard InChI is InChI=1S/C15H23NO3/c1-14-2-4-15(5-3-14)19-13-12-18-11-8-16-6-9-17-10-7-16/h2-5H,6-13H2,1H3. The SMILES string of the molecule is Cc1ccc(OCCOCCN2CCOCC2)cc1. The molecule has 4 heteroatoms. The van der Waals surface area contributed by atoms with Crippen molar-refractivity contribution in [2.45, 2.75) is 6.92 Å². The topological polar surface area (TPSA) is 30.9 Å². The van der Waals surface area contributed by atoms with E-state index in [9.17, 15) is 0 Å². The Morgan fingerprint density at radius 2 is 1.79 bits per heavy atom. The van der Waals surface area contributed by atoms with Crippen LogP contribution in [0.2, 0.25) is 0 Å². The first kappa shape index (κ1) is 14.3. The Morgan fingerprint density at radius 3 is 2.53 bits per heavy atom. The average molecular weight is 265 g/mol. The van der Waals surface area contributed by atoms with Crippen LogP contribution in [0.5, 0.6) is 5.75 Å². The number of nitrogens with zero attached hydrogens (tertiary/aromatic N) is 1. The summed E-state index contributed by atoms with van der Waals surface area (Å²) in [6, 6.07) is 8.08. The maximum atomic E-state index is 5.59. The molecule has 0 N–H and O–H groups in total. The van der Waals surface area contributed by atoms with Crippen molar-refractivity contribution in [3.8, 4) is 5.75 Å². The van der Waals surface area contributed by atoms with E-state index in [1.807, 2.05) is 12.1 Å². The number of ether oxygens (including phenoxy) is 3. The Morgan fingerprint density at radius 1 is 1.05 bits per heavy atom. The van der Waals surface area contributed by atoms with E-state index < -0.39 is 0 Å². The molecule has 4 nitrogen and oxygen atoms in total. The van der Waals surface area contributed by atoms with Gasteiger partial charge in [-0.3, -0.25) is 4.90 Å². The first-order valence-electron chi connectivity index (χ1n) is 6.92. The largest absolute Gasteiger partial charge is 0.491 e. The fraction of sp³-hybridized carbons (Fsp3) is 0.600. The number of hydrogen-bond donors (Lipinski definition) is 0. The molecular weight excluding hydrogens is 242 g/mol. The zero-order valence-electron chi connectivity index (χ0n) is 11.6. The Kier molecular flexibility index (Phi) is 6.14. The molecule has 2 rings (SSSR count). The first-order valence-corrected chi connectivity index (χ1v) is 6.92. The van der Waals surface area contributed by atoms with Gasteiger partial charge in [0.25, 0.3) is 0 Å². The third kappa shape index (κ3) is 5.59. The van der Waals surface area contributed by atoms with Crippen LogP contribution in [-0.4, -0.2) is 57.6 Å². The van der Waals surface area contributed by atoms with Crippen molar-refractivity contribution in [1.82, 2.24) is 4.90 Å². The van der Waals surface area contributed by atoms with Gasteiger partial charge in [-0.25, -0.2) is 0 Å². The fourth-order valence-corrected chi connectivity index (χ4v) is 1.97. The molecule has 0 atom stereocenters. The van der Waals surface area contributed by atoms with Crippen LogP contribution >= 0.6 is 0 Å². The maximum Gasteiger partial charge on any atom is 0.119 e. The van der Waals surface area contributed by atoms with Crippen LogP contribution < -0.4 is 4.74 Å². The van der Waals surface area contributed by atoms with E-state index in [4.69, 9.17) is 14.2 Å². The molecule has 19 heavy (non-hydrogen) atoms. The van der Waals surface area contributed by atoms with E-state index in [1.54, 1.807) is 0 Å². The molecule has 106 valence electrons. The van der Waals surface area contributed by atoms with Crippen molar-refractivity contribution in [3.05, 3.63) is 29.8 Å². The molecule has 0 aromatic heterocycles. The number of hydrogen-bond acceptors (Lipinski definition) is 4. The minimum Gasteiger partial charge on any atom is -0.491 e. The van der Waals surface area contributed by atoms with Gasteiger partial charge >= 0.3 is 0 Å². The molecule has 1 aliphatic rings. The molecule has 1 aromatic carbocycles. The van der Waals surface area contributed by atoms with Crippen LogP contribution in [-0.2, 0) is 9.47 Å². The summed E-state index contributed by atoms with van der Waals surface area (Å²) >= 11 is 0. The molecule has 1 aromatic rings. The number of morpholine rings is 1. The Hall–Kier alpha value is -1.10. The van der Waals surface area contributed by atoms with Gasteiger partial charge in [-0.05, 0) is 19.1 Å². The normalized spacial score (nSPS) is 16.5. The predicted molar refractivity (Wildman–Crippen MR) is 74.8 cm³/mol. The van der Waals surface area contributed by atoms with Gasteiger partial charge in [0.2, 0.25) is 0 Å². The summed E-state index contributed by atoms with van der Waals surface area (Å²) in [6.07, 6.45) is 0. The highest BCUT2D eigenvalue weighted by atomic mass is 16.5. The van der Waals surface area contributed by atoms with Crippen LogP contribution in [0, 0.1) is 6.92 Å². The molecular formula is C15H23NO3. The lowest BCUT2D eigenvalue weighted by atomic mass is 10.2. The Balaban J connectivity index is 1.49. The lowest BCUT2D eigenvalue weighted by molar-refractivity contribution is 0.0170. The van der Waals surface area contributed by atoms with Crippen molar-refractivity contribution < 1.29 is 14.2 Å². The maximum absolute atomic E-state index is 5.59. The molecule has 0 spiro atoms. The van der Waals surface area contributed by atoms with Crippen LogP contribution in [0.4, 0.5) is 0 Å². The molecule has 1 fully saturated rings. The van der Waals surface area contributed by atoms with Crippen molar-refractivity contribution in [3.63, 3.8) is 0 Å². The lowest BCUT2D eigenvalue weighted by Crippen LogP contribution is -2.38. The summed E-state index contributed by atoms with van der Waals surface area (Å²) in [4.78, 5) is 2.37. The van der Waals surface area contributed by atoms with Gasteiger partial charge in [0.1, 0.15) is 12.4 Å². The summed E-state index contributed by atoms with van der Waals surface area (Å²) < 4.78 is 16.5. The summed E-state index contributed by atoms with van der Waals surface area (Å²) in [5.74, 6) is 0.905. The second-order valence-electron chi connectivity index (χ2n) is 4.73. The van der Waals surface area contributed by atoms with E-state index in [-0.39, 0.29) is 0 Å². The van der Waals surface area contributed by atoms with E-state index in [2.05, 4.69) is 24.0 Å². The highest BCUT2D eigenvalue weighted by molar-refractivity contribution is 5.26. The smallest absolute Gasteiger partial charge is 0.119 e. The molecule has 1 saturated heterocycles. The molecule has 1 heterocycles. The predicted octanol–water partition coefficient (Wildman–Crippen LogP) is 1.72. The van der Waals surface area contributed by atoms with Crippen molar-refractivity contribution >= 4 is 0 Å². The van der Waals surface area contributed by atoms with E-state index in [1.165, 1.54) is 5.56 Å². The fourth-order valence-electron chi connectivity index (χ4n) is 1.97. The third-order valence-electron chi connectivity index (χ3n) is 3.17. The van der Waals surface area contributed by atoms with Crippen molar-refractivity contribution in [1.29, 1.82) is 0 Å². The van der Waals surface area contributed by atoms with Gasteiger partial charge in [0.15, 0.2) is 0 Å². The summed E-state index contributed by atoms with van der Waals surface area (Å²) in [7, 11) is 0. The van der Waals surface area contributed by atoms with Crippen LogP contribution in [0.3, 0.4) is 0 Å². The molecule has 0 aliphatic carbocycles. The summed E-state index contributed by atoms with van der Waals surface area (Å²) in [5.41, 5.74) is 1.24. The first-order chi connectivity index (χ1) is 9.34. The Bertz CT molecular complexity index is 347. The highest BCUT2D eigenvalue weighted by Gasteiger charge is 2.09. The number of benzene rings is 1. The molecule has 0 radical (unpaired) electrons. The summed E-state index contributed by atoms with van der Waals surface area (Å²) in [6.45, 7) is 8.77. The number of aryl methyl sites for hydroxylation is 1. The van der Waals surface area contributed by atoms with Crippen molar-refractivity contribution in [2.75, 3.05) is 52.7 Å². The van der Waals surface area contributed by atoms with Crippen LogP contribution in [0.1, 0.15) is 5.56 Å². The van der Waals surface area contributed by atoms with Gasteiger partial charge < -0.3 is 14.2 Å². The van der Waals surface area contributed by atoms with E-state index in [0.29, 0.717) is 13.2 Å². The molecule has 0 bridgehead atoms. The zero-order valence-corrected chi connectivity index (χ0v) is 11.6. The second-order valence-corrected chi connectivity index (χ2v) is 4.73. The van der Waals surface area contributed by atoms with Gasteiger partial charge in [0, 0.05) is 19.6 Å². The lowest BCUT2D eigenvalue weighted by Gasteiger charge is -2.26. The molecule has 0 amide bonds. The number of rotatable bonds is 7. The quantitative estimate of drug-likeness (QED) is 0.702. The summed E-state index contributed by atoms with van der Waals surface area (Å²) in [5, 5.41) is 0. The minimum absolute atomic E-state index is 0.603. The molecule has 1 aliphatic heterocycles. The Labute approximate surface area is 115 Å². The third-order valence-corrected chi connectivity index (χ3v) is 3.17. The van der Waals surface area contributed by atoms with Gasteiger partial charge in [-0.2, -0.15) is 0 Å². The van der Waals surface area contributed by atoms with Crippen LogP contribution in [0.15, 0.2) is 24.3 Å². The minimum atomic E-state index is 0.603. The highest BCUT2D eigenvalue weighted by Crippen LogP contribution is 2.10. The monoisotopic (exact) mass is 265 g/mol. The van der Waals surface area contributed by atoms with Crippen molar-refractivity contribution in [2.24, 2.45) is 0 Å². The van der Waals surface area contributed by atoms with E-state index >= 15 is 0 Å². The van der Waals surface area contributed by atoms with Gasteiger partial charge in [-0.1, -0.05) is 17.7 Å². The van der Waals surface area contributed by atoms with E-state index in [0.717, 1.165) is 45.2 Å². The second kappa shape index (κ2) is 8.15. The molecule has 0 unspecified atom stereocenters.